The molecule has 0 fully saturated rings. The molecule has 25 heavy (non-hydrogen) atoms. The monoisotopic (exact) mass is 350 g/mol. The molecule has 0 spiro atoms. The van der Waals surface area contributed by atoms with Crippen molar-refractivity contribution < 1.29 is 9.90 Å². The van der Waals surface area contributed by atoms with Gasteiger partial charge in [0.05, 0.1) is 11.5 Å². The summed E-state index contributed by atoms with van der Waals surface area (Å²) in [4.78, 5) is 13.2. The lowest BCUT2D eigenvalue weighted by Gasteiger charge is -2.09. The molecule has 0 heterocycles. The maximum atomic E-state index is 12.2. The number of fused-ring (bicyclic) bond motifs is 1. The van der Waals surface area contributed by atoms with Gasteiger partial charge in [-0.25, -0.2) is 5.43 Å². The van der Waals surface area contributed by atoms with Crippen LogP contribution < -0.4 is 5.43 Å². The number of hydrazone groups is 1. The van der Waals surface area contributed by atoms with Gasteiger partial charge in [-0.15, -0.1) is 11.8 Å². The second-order valence-electron chi connectivity index (χ2n) is 5.53. The molecular weight excluding hydrogens is 332 g/mol. The second kappa shape index (κ2) is 7.85. The lowest BCUT2D eigenvalue weighted by Crippen LogP contribution is -2.26. The fraction of sp³-hybridized carbons (Fsp3) is 0.100. The van der Waals surface area contributed by atoms with E-state index >= 15 is 0 Å². The van der Waals surface area contributed by atoms with Gasteiger partial charge >= 0.3 is 0 Å². The molecule has 0 saturated carbocycles. The van der Waals surface area contributed by atoms with Crippen LogP contribution in [0, 0.1) is 0 Å². The first-order valence-electron chi connectivity index (χ1n) is 7.90. The van der Waals surface area contributed by atoms with Crippen LogP contribution in [0.2, 0.25) is 0 Å². The number of benzene rings is 3. The normalized spacial score (nSPS) is 12.4. The van der Waals surface area contributed by atoms with Gasteiger partial charge in [0.2, 0.25) is 0 Å². The number of phenols is 1. The number of nitrogens with zero attached hydrogens (tertiary/aromatic N) is 1. The van der Waals surface area contributed by atoms with Crippen LogP contribution in [0.15, 0.2) is 76.7 Å². The van der Waals surface area contributed by atoms with Crippen LogP contribution in [-0.2, 0) is 4.79 Å². The first-order chi connectivity index (χ1) is 12.1. The predicted molar refractivity (Wildman–Crippen MR) is 103 cm³/mol. The van der Waals surface area contributed by atoms with Crippen molar-refractivity contribution in [3.63, 3.8) is 0 Å². The van der Waals surface area contributed by atoms with E-state index in [1.165, 1.54) is 18.0 Å². The molecular formula is C20H18N2O2S. The molecule has 0 aliphatic rings. The summed E-state index contributed by atoms with van der Waals surface area (Å²) in [5, 5.41) is 15.7. The summed E-state index contributed by atoms with van der Waals surface area (Å²) in [5.74, 6) is -0.0618. The number of nitrogens with one attached hydrogen (secondary N) is 1. The van der Waals surface area contributed by atoms with E-state index in [4.69, 9.17) is 0 Å². The summed E-state index contributed by atoms with van der Waals surface area (Å²) in [6.45, 7) is 1.83. The fourth-order valence-electron chi connectivity index (χ4n) is 2.43. The molecule has 3 rings (SSSR count). The van der Waals surface area contributed by atoms with E-state index in [0.717, 1.165) is 15.7 Å². The van der Waals surface area contributed by atoms with Gasteiger partial charge in [-0.1, -0.05) is 48.5 Å². The Morgan fingerprint density at radius 2 is 1.80 bits per heavy atom. The average Bonchev–Trinajstić information content (AvgIpc) is 2.64. The second-order valence-corrected chi connectivity index (χ2v) is 6.94. The highest BCUT2D eigenvalue weighted by atomic mass is 32.2. The van der Waals surface area contributed by atoms with E-state index in [0.29, 0.717) is 5.56 Å². The van der Waals surface area contributed by atoms with Gasteiger partial charge in [0.25, 0.3) is 5.91 Å². The molecule has 0 unspecified atom stereocenters. The van der Waals surface area contributed by atoms with E-state index in [2.05, 4.69) is 10.5 Å². The smallest absolute Gasteiger partial charge is 0.253 e. The summed E-state index contributed by atoms with van der Waals surface area (Å²) in [6.07, 6.45) is 1.48. The molecule has 4 nitrogen and oxygen atoms in total. The predicted octanol–water partition coefficient (Wildman–Crippen LogP) is 4.18. The third-order valence-electron chi connectivity index (χ3n) is 3.74. The Kier molecular flexibility index (Phi) is 5.36. The number of thioether (sulfide) groups is 1. The highest BCUT2D eigenvalue weighted by Gasteiger charge is 2.13. The maximum Gasteiger partial charge on any atom is 0.253 e. The van der Waals surface area contributed by atoms with Crippen molar-refractivity contribution >= 4 is 34.7 Å². The largest absolute Gasteiger partial charge is 0.507 e. The van der Waals surface area contributed by atoms with Gasteiger partial charge in [-0.2, -0.15) is 5.10 Å². The lowest BCUT2D eigenvalue weighted by molar-refractivity contribution is -0.120. The Bertz CT molecular complexity index is 910. The lowest BCUT2D eigenvalue weighted by atomic mass is 10.0. The molecule has 126 valence electrons. The van der Waals surface area contributed by atoms with Crippen molar-refractivity contribution in [2.75, 3.05) is 0 Å². The summed E-state index contributed by atoms with van der Waals surface area (Å²) < 4.78 is 0. The van der Waals surface area contributed by atoms with Crippen molar-refractivity contribution in [3.05, 3.63) is 72.3 Å². The van der Waals surface area contributed by atoms with E-state index in [9.17, 15) is 9.90 Å². The Morgan fingerprint density at radius 3 is 2.60 bits per heavy atom. The number of aromatic hydroxyl groups is 1. The van der Waals surface area contributed by atoms with Gasteiger partial charge in [0.15, 0.2) is 0 Å². The van der Waals surface area contributed by atoms with Gasteiger partial charge in [-0.05, 0) is 35.9 Å². The van der Waals surface area contributed by atoms with Crippen LogP contribution in [0.1, 0.15) is 12.5 Å². The standard InChI is InChI=1S/C20H18N2O2S/c1-14(25-16-8-3-2-4-9-16)20(24)22-21-13-18-17-10-6-5-7-15(17)11-12-19(18)23/h2-14,23H,1H3,(H,22,24)/b21-13-/t14-/m1/s1. The van der Waals surface area contributed by atoms with Crippen LogP contribution in [0.3, 0.4) is 0 Å². The van der Waals surface area contributed by atoms with Crippen molar-refractivity contribution in [2.24, 2.45) is 5.10 Å². The minimum atomic E-state index is -0.277. The first-order valence-corrected chi connectivity index (χ1v) is 8.78. The summed E-state index contributed by atoms with van der Waals surface area (Å²) in [6, 6.07) is 20.9. The van der Waals surface area contributed by atoms with E-state index in [-0.39, 0.29) is 16.9 Å². The molecule has 3 aromatic carbocycles. The van der Waals surface area contributed by atoms with Crippen molar-refractivity contribution in [1.29, 1.82) is 0 Å². The van der Waals surface area contributed by atoms with E-state index < -0.39 is 0 Å². The molecule has 0 saturated heterocycles. The first kappa shape index (κ1) is 17.0. The van der Waals surface area contributed by atoms with Crippen molar-refractivity contribution in [3.8, 4) is 5.75 Å². The van der Waals surface area contributed by atoms with Gasteiger partial charge in [0.1, 0.15) is 5.75 Å². The molecule has 0 radical (unpaired) electrons. The Labute approximate surface area is 150 Å². The molecule has 1 atom stereocenters. The quantitative estimate of drug-likeness (QED) is 0.412. The maximum absolute atomic E-state index is 12.2. The Morgan fingerprint density at radius 1 is 1.08 bits per heavy atom. The molecule has 0 aliphatic carbocycles. The SMILES string of the molecule is C[C@@H](Sc1ccccc1)C(=O)N/N=C\c1c(O)ccc2ccccc12. The zero-order chi connectivity index (χ0) is 17.6. The third kappa shape index (κ3) is 4.19. The molecule has 0 aromatic heterocycles. The molecule has 3 aromatic rings. The van der Waals surface area contributed by atoms with Crippen LogP contribution in [0.25, 0.3) is 10.8 Å². The minimum absolute atomic E-state index is 0.128. The number of rotatable bonds is 5. The molecule has 0 aliphatic heterocycles. The highest BCUT2D eigenvalue weighted by molar-refractivity contribution is 8.00. The zero-order valence-electron chi connectivity index (χ0n) is 13.7. The zero-order valence-corrected chi connectivity index (χ0v) is 14.5. The third-order valence-corrected chi connectivity index (χ3v) is 4.85. The van der Waals surface area contributed by atoms with Gasteiger partial charge in [-0.3, -0.25) is 4.79 Å². The number of carbonyl (C=O) groups is 1. The number of carbonyl (C=O) groups excluding carboxylic acids is 1. The minimum Gasteiger partial charge on any atom is -0.507 e. The van der Waals surface area contributed by atoms with Crippen LogP contribution >= 0.6 is 11.8 Å². The van der Waals surface area contributed by atoms with Crippen LogP contribution in [0.5, 0.6) is 5.75 Å². The average molecular weight is 350 g/mol. The van der Waals surface area contributed by atoms with Crippen LogP contribution in [0.4, 0.5) is 0 Å². The van der Waals surface area contributed by atoms with Crippen molar-refractivity contribution in [1.82, 2.24) is 5.43 Å². The van der Waals surface area contributed by atoms with Crippen LogP contribution in [-0.4, -0.2) is 22.5 Å². The Balaban J connectivity index is 1.69. The molecule has 0 bridgehead atoms. The summed E-state index contributed by atoms with van der Waals surface area (Å²) in [5.41, 5.74) is 3.13. The van der Waals surface area contributed by atoms with E-state index in [1.807, 2.05) is 67.6 Å². The van der Waals surface area contributed by atoms with Gasteiger partial charge < -0.3 is 5.11 Å². The summed E-state index contributed by atoms with van der Waals surface area (Å²) >= 11 is 1.47. The summed E-state index contributed by atoms with van der Waals surface area (Å²) in [7, 11) is 0. The number of amides is 1. The van der Waals surface area contributed by atoms with Gasteiger partial charge in [0, 0.05) is 10.5 Å². The topological polar surface area (TPSA) is 61.7 Å². The Hall–Kier alpha value is -2.79. The number of hydrogen-bond acceptors (Lipinski definition) is 4. The molecule has 2 N–H and O–H groups in total. The highest BCUT2D eigenvalue weighted by Crippen LogP contribution is 2.25. The molecule has 1 amide bonds. The number of phenolic OH excluding ortho intramolecular Hbond substituents is 1. The van der Waals surface area contributed by atoms with Crippen molar-refractivity contribution in [2.45, 2.75) is 17.1 Å². The van der Waals surface area contributed by atoms with E-state index in [1.54, 1.807) is 6.07 Å². The number of hydrogen-bond donors (Lipinski definition) is 2. The fourth-order valence-corrected chi connectivity index (χ4v) is 3.31. The molecule has 5 heteroatoms.